The molecule has 3 N–H and O–H groups in total. The van der Waals surface area contributed by atoms with Crippen molar-refractivity contribution in [2.24, 2.45) is 4.99 Å². The average Bonchev–Trinajstić information content (AvgIpc) is 2.10. The first kappa shape index (κ1) is 17.2. The molecule has 19 heavy (non-hydrogen) atoms. The fourth-order valence-corrected chi connectivity index (χ4v) is 1.03. The molecule has 0 atom stereocenters. The highest BCUT2D eigenvalue weighted by molar-refractivity contribution is 5.98. The fraction of sp³-hybridized carbons (Fsp3) is 0.750. The smallest absolute Gasteiger partial charge is 0.345 e. The molecule has 0 aliphatic heterocycles. The van der Waals surface area contributed by atoms with Crippen molar-refractivity contribution >= 4 is 18.1 Å². The summed E-state index contributed by atoms with van der Waals surface area (Å²) in [6.45, 7) is 11.0. The van der Waals surface area contributed by atoms with Crippen molar-refractivity contribution in [3.63, 3.8) is 0 Å². The quantitative estimate of drug-likeness (QED) is 0.462. The summed E-state index contributed by atoms with van der Waals surface area (Å²) >= 11 is 0. The second-order valence-corrected chi connectivity index (χ2v) is 6.13. The summed E-state index contributed by atoms with van der Waals surface area (Å²) in [5, 5.41) is 7.65. The molecule has 0 unspecified atom stereocenters. The molecule has 0 aromatic heterocycles. The maximum absolute atomic E-state index is 11.6. The van der Waals surface area contributed by atoms with Crippen LogP contribution in [0.4, 0.5) is 9.59 Å². The Hall–Kier alpha value is -1.79. The molecule has 0 saturated heterocycles. The van der Waals surface area contributed by atoms with Gasteiger partial charge in [-0.1, -0.05) is 0 Å². The van der Waals surface area contributed by atoms with Crippen LogP contribution in [0.2, 0.25) is 0 Å². The van der Waals surface area contributed by atoms with Crippen LogP contribution in [-0.2, 0) is 4.74 Å². The van der Waals surface area contributed by atoms with E-state index in [1.807, 2.05) is 41.5 Å². The van der Waals surface area contributed by atoms with Crippen LogP contribution in [-0.4, -0.2) is 36.3 Å². The van der Waals surface area contributed by atoms with Gasteiger partial charge in [-0.25, -0.2) is 9.59 Å². The summed E-state index contributed by atoms with van der Waals surface area (Å²) in [6.07, 6.45) is 0. The number of methoxy groups -OCH3 is 1. The van der Waals surface area contributed by atoms with Crippen LogP contribution in [0.25, 0.3) is 0 Å². The maximum atomic E-state index is 11.6. The van der Waals surface area contributed by atoms with Gasteiger partial charge in [-0.3, -0.25) is 5.32 Å². The molecule has 0 bridgehead atoms. The molecule has 7 nitrogen and oxygen atoms in total. The Bertz CT molecular complexity index is 364. The molecule has 0 aliphatic carbocycles. The number of urea groups is 2. The molecular formula is C12H24N4O3. The third-order valence-corrected chi connectivity index (χ3v) is 1.59. The first-order valence-electron chi connectivity index (χ1n) is 5.97. The van der Waals surface area contributed by atoms with Gasteiger partial charge in [0.25, 0.3) is 0 Å². The average molecular weight is 272 g/mol. The molecule has 0 fully saturated rings. The number of hydrogen-bond acceptors (Lipinski definition) is 3. The SMILES string of the molecule is COC(=NC(=O)NC(C)(C)C)NC(=O)NC(C)(C)C. The van der Waals surface area contributed by atoms with Gasteiger partial charge in [-0.05, 0) is 41.5 Å². The molecule has 0 rings (SSSR count). The molecular weight excluding hydrogens is 248 g/mol. The summed E-state index contributed by atoms with van der Waals surface area (Å²) in [4.78, 5) is 26.7. The molecule has 110 valence electrons. The van der Waals surface area contributed by atoms with Crippen molar-refractivity contribution in [3.05, 3.63) is 0 Å². The molecule has 0 spiro atoms. The minimum absolute atomic E-state index is 0.163. The Morgan fingerprint density at radius 2 is 1.42 bits per heavy atom. The first-order chi connectivity index (χ1) is 8.43. The number of aliphatic imine (C=N–C) groups is 1. The Balaban J connectivity index is 4.58. The zero-order chi connectivity index (χ0) is 15.3. The van der Waals surface area contributed by atoms with Gasteiger partial charge in [0, 0.05) is 11.1 Å². The molecule has 0 aliphatic rings. The largest absolute Gasteiger partial charge is 0.468 e. The van der Waals surface area contributed by atoms with Crippen LogP contribution in [0, 0.1) is 0 Å². The molecule has 4 amide bonds. The number of ether oxygens (including phenoxy) is 1. The van der Waals surface area contributed by atoms with Crippen molar-refractivity contribution in [1.82, 2.24) is 16.0 Å². The predicted molar refractivity (Wildman–Crippen MR) is 74.1 cm³/mol. The number of hydrogen-bond donors (Lipinski definition) is 3. The van der Waals surface area contributed by atoms with E-state index < -0.39 is 23.1 Å². The summed E-state index contributed by atoms with van der Waals surface area (Å²) in [7, 11) is 1.32. The van der Waals surface area contributed by atoms with Gasteiger partial charge in [-0.15, -0.1) is 4.99 Å². The van der Waals surface area contributed by atoms with Crippen molar-refractivity contribution in [1.29, 1.82) is 0 Å². The van der Waals surface area contributed by atoms with Crippen LogP contribution >= 0.6 is 0 Å². The van der Waals surface area contributed by atoms with E-state index in [0.717, 1.165) is 0 Å². The lowest BCUT2D eigenvalue weighted by molar-refractivity contribution is 0.233. The lowest BCUT2D eigenvalue weighted by atomic mass is 10.1. The molecule has 0 heterocycles. The van der Waals surface area contributed by atoms with E-state index in [1.54, 1.807) is 0 Å². The number of amidine groups is 1. The van der Waals surface area contributed by atoms with Crippen molar-refractivity contribution < 1.29 is 14.3 Å². The van der Waals surface area contributed by atoms with Gasteiger partial charge < -0.3 is 15.4 Å². The molecule has 0 radical (unpaired) electrons. The van der Waals surface area contributed by atoms with E-state index in [0.29, 0.717) is 0 Å². The Labute approximate surface area is 114 Å². The lowest BCUT2D eigenvalue weighted by Crippen LogP contribution is -2.49. The minimum atomic E-state index is -0.583. The first-order valence-corrected chi connectivity index (χ1v) is 5.97. The van der Waals surface area contributed by atoms with Gasteiger partial charge in [0.15, 0.2) is 0 Å². The van der Waals surface area contributed by atoms with Gasteiger partial charge >= 0.3 is 18.1 Å². The predicted octanol–water partition coefficient (Wildman–Crippen LogP) is 1.59. The molecule has 0 aromatic carbocycles. The van der Waals surface area contributed by atoms with Gasteiger partial charge in [-0.2, -0.15) is 0 Å². The van der Waals surface area contributed by atoms with E-state index in [4.69, 9.17) is 4.74 Å². The number of carbonyl (C=O) groups excluding carboxylic acids is 2. The zero-order valence-corrected chi connectivity index (χ0v) is 12.7. The normalized spacial score (nSPS) is 12.7. The van der Waals surface area contributed by atoms with Crippen LogP contribution in [0.15, 0.2) is 4.99 Å². The molecule has 7 heteroatoms. The standard InChI is InChI=1S/C12H24N4O3/c1-11(2,3)15-8(17)13-10(19-7)14-9(18)16-12(4,5)6/h1-7H3,(H3,13,14,15,16,17,18). The number of rotatable bonds is 0. The van der Waals surface area contributed by atoms with Gasteiger partial charge in [0.2, 0.25) is 0 Å². The van der Waals surface area contributed by atoms with Crippen LogP contribution < -0.4 is 16.0 Å². The van der Waals surface area contributed by atoms with E-state index in [1.165, 1.54) is 7.11 Å². The lowest BCUT2D eigenvalue weighted by Gasteiger charge is -2.21. The number of amides is 4. The molecule has 0 saturated carbocycles. The summed E-state index contributed by atoms with van der Waals surface area (Å²) in [5.74, 6) is 0. The summed E-state index contributed by atoms with van der Waals surface area (Å²) in [6, 6.07) is -1.24. The number of carbonyl (C=O) groups is 2. The number of nitrogens with zero attached hydrogens (tertiary/aromatic N) is 1. The van der Waals surface area contributed by atoms with Crippen molar-refractivity contribution in [3.8, 4) is 0 Å². The van der Waals surface area contributed by atoms with Crippen LogP contribution in [0.3, 0.4) is 0 Å². The number of nitrogens with one attached hydrogen (secondary N) is 3. The van der Waals surface area contributed by atoms with Crippen molar-refractivity contribution in [2.45, 2.75) is 52.6 Å². The Morgan fingerprint density at radius 1 is 0.947 bits per heavy atom. The third kappa shape index (κ3) is 9.87. The van der Waals surface area contributed by atoms with E-state index >= 15 is 0 Å². The van der Waals surface area contributed by atoms with Gasteiger partial charge in [0.1, 0.15) is 0 Å². The summed E-state index contributed by atoms with van der Waals surface area (Å²) < 4.78 is 4.84. The second kappa shape index (κ2) is 6.40. The van der Waals surface area contributed by atoms with Crippen molar-refractivity contribution in [2.75, 3.05) is 7.11 Å². The Morgan fingerprint density at radius 3 is 1.79 bits per heavy atom. The summed E-state index contributed by atoms with van der Waals surface area (Å²) in [5.41, 5.74) is -0.802. The van der Waals surface area contributed by atoms with E-state index in [-0.39, 0.29) is 6.02 Å². The Kier molecular flexibility index (Phi) is 5.80. The highest BCUT2D eigenvalue weighted by Crippen LogP contribution is 1.99. The fourth-order valence-electron chi connectivity index (χ4n) is 1.03. The third-order valence-electron chi connectivity index (χ3n) is 1.59. The minimum Gasteiger partial charge on any atom is -0.468 e. The van der Waals surface area contributed by atoms with Gasteiger partial charge in [0.05, 0.1) is 7.11 Å². The monoisotopic (exact) mass is 272 g/mol. The molecule has 0 aromatic rings. The van der Waals surface area contributed by atoms with Crippen LogP contribution in [0.1, 0.15) is 41.5 Å². The second-order valence-electron chi connectivity index (χ2n) is 6.13. The topological polar surface area (TPSA) is 91.8 Å². The highest BCUT2D eigenvalue weighted by atomic mass is 16.5. The maximum Gasteiger partial charge on any atom is 0.345 e. The van der Waals surface area contributed by atoms with Crippen LogP contribution in [0.5, 0.6) is 0 Å². The highest BCUT2D eigenvalue weighted by Gasteiger charge is 2.17. The van der Waals surface area contributed by atoms with E-state index in [9.17, 15) is 9.59 Å². The zero-order valence-electron chi connectivity index (χ0n) is 12.7. The van der Waals surface area contributed by atoms with E-state index in [2.05, 4.69) is 20.9 Å².